The van der Waals surface area contributed by atoms with Crippen molar-refractivity contribution in [3.8, 4) is 10.7 Å². The first-order chi connectivity index (χ1) is 15.5. The van der Waals surface area contributed by atoms with Gasteiger partial charge >= 0.3 is 0 Å². The Bertz CT molecular complexity index is 1330. The van der Waals surface area contributed by atoms with Crippen LogP contribution in [0.4, 0.5) is 11.6 Å². The smallest absolute Gasteiger partial charge is 0.255 e. The quantitative estimate of drug-likeness (QED) is 0.393. The molecule has 32 heavy (non-hydrogen) atoms. The van der Waals surface area contributed by atoms with Gasteiger partial charge in [-0.1, -0.05) is 41.4 Å². The first kappa shape index (κ1) is 20.7. The molecule has 1 aliphatic rings. The summed E-state index contributed by atoms with van der Waals surface area (Å²) < 4.78 is 1.68. The average Bonchev–Trinajstić information content (AvgIpc) is 3.45. The first-order valence-electron chi connectivity index (χ1n) is 9.66. The van der Waals surface area contributed by atoms with Crippen LogP contribution in [-0.4, -0.2) is 25.7 Å². The van der Waals surface area contributed by atoms with Crippen molar-refractivity contribution in [3.63, 3.8) is 0 Å². The zero-order valence-electron chi connectivity index (χ0n) is 16.7. The molecule has 0 radical (unpaired) electrons. The minimum Gasteiger partial charge on any atom is -0.328 e. The maximum Gasteiger partial charge on any atom is 0.255 e. The zero-order chi connectivity index (χ0) is 22.2. The van der Waals surface area contributed by atoms with Crippen molar-refractivity contribution in [2.24, 2.45) is 0 Å². The van der Waals surface area contributed by atoms with Crippen molar-refractivity contribution in [3.05, 3.63) is 87.1 Å². The largest absolute Gasteiger partial charge is 0.328 e. The Labute approximate surface area is 197 Å². The third-order valence-corrected chi connectivity index (χ3v) is 6.73. The van der Waals surface area contributed by atoms with Gasteiger partial charge in [0.05, 0.1) is 32.4 Å². The number of halogens is 2. The molecule has 0 fully saturated rings. The fraction of sp³-hybridized carbons (Fsp3) is 0.0909. The highest BCUT2D eigenvalue weighted by Crippen LogP contribution is 2.41. The van der Waals surface area contributed by atoms with E-state index in [1.165, 1.54) is 11.3 Å². The molecule has 1 amide bonds. The van der Waals surface area contributed by atoms with Crippen LogP contribution >= 0.6 is 34.5 Å². The van der Waals surface area contributed by atoms with Crippen molar-refractivity contribution < 1.29 is 4.79 Å². The lowest BCUT2D eigenvalue weighted by Crippen LogP contribution is -2.31. The maximum atomic E-state index is 13.4. The monoisotopic (exact) mass is 482 g/mol. The highest BCUT2D eigenvalue weighted by Gasteiger charge is 2.36. The van der Waals surface area contributed by atoms with Gasteiger partial charge in [0.15, 0.2) is 5.82 Å². The molecule has 7 nitrogen and oxygen atoms in total. The lowest BCUT2D eigenvalue weighted by molar-refractivity contribution is -0.113. The van der Waals surface area contributed by atoms with Crippen LogP contribution in [0.3, 0.4) is 0 Å². The number of rotatable bonds is 4. The summed E-state index contributed by atoms with van der Waals surface area (Å²) in [6.45, 7) is 1.83. The predicted molar refractivity (Wildman–Crippen MR) is 127 cm³/mol. The Kier molecular flexibility index (Phi) is 5.42. The molecular formula is C22H16Cl2N6OS. The number of carbonyl (C=O) groups is 1. The van der Waals surface area contributed by atoms with Crippen LogP contribution in [0.15, 0.2) is 71.5 Å². The second-order valence-electron chi connectivity index (χ2n) is 7.09. The molecule has 0 saturated carbocycles. The van der Waals surface area contributed by atoms with E-state index in [2.05, 4.69) is 20.6 Å². The van der Waals surface area contributed by atoms with Crippen LogP contribution < -0.4 is 10.6 Å². The molecule has 3 aromatic heterocycles. The summed E-state index contributed by atoms with van der Waals surface area (Å²) in [5.41, 5.74) is 2.33. The fourth-order valence-corrected chi connectivity index (χ4v) is 4.67. The second kappa shape index (κ2) is 8.38. The molecule has 0 bridgehead atoms. The van der Waals surface area contributed by atoms with E-state index in [0.717, 1.165) is 4.88 Å². The highest BCUT2D eigenvalue weighted by atomic mass is 35.5. The topological polar surface area (TPSA) is 84.7 Å². The van der Waals surface area contributed by atoms with E-state index in [1.807, 2.05) is 30.5 Å². The molecule has 1 atom stereocenters. The second-order valence-corrected chi connectivity index (χ2v) is 8.82. The van der Waals surface area contributed by atoms with Crippen LogP contribution in [0.2, 0.25) is 10.0 Å². The molecule has 1 aliphatic heterocycles. The number of hydrogen-bond acceptors (Lipinski definition) is 6. The Hall–Kier alpha value is -3.20. The van der Waals surface area contributed by atoms with Crippen molar-refractivity contribution in [1.82, 2.24) is 19.7 Å². The normalized spacial score (nSPS) is 15.3. The van der Waals surface area contributed by atoms with Crippen molar-refractivity contribution in [2.75, 3.05) is 10.6 Å². The third kappa shape index (κ3) is 3.66. The number of benzene rings is 1. The summed E-state index contributed by atoms with van der Waals surface area (Å²) >= 11 is 14.5. The number of thiophene rings is 1. The average molecular weight is 483 g/mol. The van der Waals surface area contributed by atoms with Gasteiger partial charge in [0.2, 0.25) is 5.95 Å². The van der Waals surface area contributed by atoms with Crippen molar-refractivity contribution in [1.29, 1.82) is 0 Å². The summed E-state index contributed by atoms with van der Waals surface area (Å²) in [6.07, 6.45) is 3.23. The molecular weight excluding hydrogens is 467 g/mol. The number of pyridine rings is 1. The van der Waals surface area contributed by atoms with Gasteiger partial charge in [0.1, 0.15) is 6.04 Å². The number of nitrogens with one attached hydrogen (secondary N) is 2. The Morgan fingerprint density at radius 2 is 2.06 bits per heavy atom. The van der Waals surface area contributed by atoms with Crippen LogP contribution in [0, 0.1) is 0 Å². The molecule has 10 heteroatoms. The van der Waals surface area contributed by atoms with Gasteiger partial charge in [0, 0.05) is 17.5 Å². The maximum absolute atomic E-state index is 13.4. The van der Waals surface area contributed by atoms with Gasteiger partial charge in [-0.3, -0.25) is 9.78 Å². The highest BCUT2D eigenvalue weighted by molar-refractivity contribution is 7.13. The molecule has 0 aliphatic carbocycles. The summed E-state index contributed by atoms with van der Waals surface area (Å²) in [5.74, 6) is 0.778. The minimum atomic E-state index is -0.629. The number of allylic oxidation sites excluding steroid dienone is 1. The predicted octanol–water partition coefficient (Wildman–Crippen LogP) is 5.64. The van der Waals surface area contributed by atoms with Crippen molar-refractivity contribution in [2.45, 2.75) is 13.0 Å². The van der Waals surface area contributed by atoms with Crippen LogP contribution in [0.25, 0.3) is 10.7 Å². The number of nitrogens with zero attached hydrogens (tertiary/aromatic N) is 4. The molecule has 0 saturated heterocycles. The van der Waals surface area contributed by atoms with E-state index in [-0.39, 0.29) is 5.91 Å². The summed E-state index contributed by atoms with van der Waals surface area (Å²) in [7, 11) is 0. The van der Waals surface area contributed by atoms with Gasteiger partial charge in [-0.15, -0.1) is 16.4 Å². The minimum absolute atomic E-state index is 0.303. The summed E-state index contributed by atoms with van der Waals surface area (Å²) in [5, 5.41) is 13.6. The van der Waals surface area contributed by atoms with Gasteiger partial charge in [-0.25, -0.2) is 4.68 Å². The number of aromatic nitrogens is 4. The van der Waals surface area contributed by atoms with Gasteiger partial charge in [0.25, 0.3) is 5.91 Å². The van der Waals surface area contributed by atoms with Crippen LogP contribution in [-0.2, 0) is 4.79 Å². The van der Waals surface area contributed by atoms with Gasteiger partial charge in [-0.2, -0.15) is 4.98 Å². The Morgan fingerprint density at radius 3 is 2.81 bits per heavy atom. The van der Waals surface area contributed by atoms with E-state index in [1.54, 1.807) is 41.3 Å². The lowest BCUT2D eigenvalue weighted by atomic mass is 9.95. The van der Waals surface area contributed by atoms with E-state index >= 15 is 0 Å². The van der Waals surface area contributed by atoms with Crippen molar-refractivity contribution >= 4 is 52.1 Å². The van der Waals surface area contributed by atoms with E-state index < -0.39 is 6.04 Å². The molecule has 1 unspecified atom stereocenters. The molecule has 5 rings (SSSR count). The van der Waals surface area contributed by atoms with E-state index in [4.69, 9.17) is 28.3 Å². The molecule has 4 heterocycles. The lowest BCUT2D eigenvalue weighted by Gasteiger charge is -2.29. The zero-order valence-corrected chi connectivity index (χ0v) is 19.0. The molecule has 160 valence electrons. The summed E-state index contributed by atoms with van der Waals surface area (Å²) in [6, 6.07) is 12.1. The fourth-order valence-electron chi connectivity index (χ4n) is 3.61. The third-order valence-electron chi connectivity index (χ3n) is 5.03. The molecule has 0 spiro atoms. The van der Waals surface area contributed by atoms with Crippen LogP contribution in [0.5, 0.6) is 0 Å². The number of amides is 1. The number of fused-ring (bicyclic) bond motifs is 1. The van der Waals surface area contributed by atoms with Crippen LogP contribution in [0.1, 0.15) is 18.5 Å². The van der Waals surface area contributed by atoms with Gasteiger partial charge in [-0.05, 0) is 36.6 Å². The van der Waals surface area contributed by atoms with E-state index in [0.29, 0.717) is 44.3 Å². The first-order valence-corrected chi connectivity index (χ1v) is 11.3. The van der Waals surface area contributed by atoms with Gasteiger partial charge < -0.3 is 10.6 Å². The van der Waals surface area contributed by atoms with E-state index in [9.17, 15) is 4.79 Å². The SMILES string of the molecule is CC1=C(C(=O)Nc2cccnc2)C(c2cccc(Cl)c2Cl)n2nc(-c3cccs3)nc2N1. The summed E-state index contributed by atoms with van der Waals surface area (Å²) in [4.78, 5) is 23.1. The number of carbonyl (C=O) groups excluding carboxylic acids is 1. The molecule has 1 aromatic carbocycles. The Balaban J connectivity index is 1.65. The molecule has 2 N–H and O–H groups in total. The number of anilines is 2. The number of hydrogen-bond donors (Lipinski definition) is 2. The Morgan fingerprint density at radius 1 is 1.19 bits per heavy atom. The molecule has 4 aromatic rings. The standard InChI is InChI=1S/C22H16Cl2N6OS/c1-12-17(21(31)27-13-5-3-9-25-11-13)19(14-6-2-7-15(23)18(14)24)30-22(26-12)28-20(29-30)16-8-4-10-32-16/h2-11,19H,1H3,(H,27,31)(H,26,28,29).